The molecule has 3 rings (SSSR count). The van der Waals surface area contributed by atoms with E-state index in [4.69, 9.17) is 0 Å². The summed E-state index contributed by atoms with van der Waals surface area (Å²) in [7, 11) is 0. The van der Waals surface area contributed by atoms with E-state index >= 15 is 0 Å². The van der Waals surface area contributed by atoms with E-state index in [0.717, 1.165) is 24.5 Å². The first-order valence-electron chi connectivity index (χ1n) is 8.78. The van der Waals surface area contributed by atoms with E-state index in [0.29, 0.717) is 18.9 Å². The van der Waals surface area contributed by atoms with Crippen LogP contribution in [0.4, 0.5) is 5.82 Å². The summed E-state index contributed by atoms with van der Waals surface area (Å²) >= 11 is 0. The van der Waals surface area contributed by atoms with Gasteiger partial charge in [0.1, 0.15) is 5.82 Å². The summed E-state index contributed by atoms with van der Waals surface area (Å²) in [6.45, 7) is 2.83. The van der Waals surface area contributed by atoms with Crippen molar-refractivity contribution < 1.29 is 4.79 Å². The number of carbonyl (C=O) groups excluding carboxylic acids is 1. The molecule has 1 amide bonds. The molecule has 1 saturated carbocycles. The molecule has 0 bridgehead atoms. The molecule has 1 aliphatic carbocycles. The van der Waals surface area contributed by atoms with Crippen molar-refractivity contribution >= 4 is 11.7 Å². The molecule has 0 aromatic carbocycles. The maximum atomic E-state index is 12.0. The SMILES string of the molecule is O=C(CC1CCCCC1)NCc1ccc(N2CCCC2)nc1. The van der Waals surface area contributed by atoms with Gasteiger partial charge in [0, 0.05) is 32.3 Å². The molecular formula is C18H27N3O. The lowest BCUT2D eigenvalue weighted by atomic mass is 9.87. The highest BCUT2D eigenvalue weighted by Gasteiger charge is 2.17. The number of hydrogen-bond donors (Lipinski definition) is 1. The van der Waals surface area contributed by atoms with Crippen molar-refractivity contribution in [3.8, 4) is 0 Å². The van der Waals surface area contributed by atoms with E-state index < -0.39 is 0 Å². The second kappa shape index (κ2) is 7.61. The number of carbonyl (C=O) groups is 1. The first-order chi connectivity index (χ1) is 10.8. The van der Waals surface area contributed by atoms with Crippen molar-refractivity contribution in [2.75, 3.05) is 18.0 Å². The summed E-state index contributed by atoms with van der Waals surface area (Å²) in [4.78, 5) is 18.9. The van der Waals surface area contributed by atoms with Crippen LogP contribution in [0.5, 0.6) is 0 Å². The van der Waals surface area contributed by atoms with Crippen LogP contribution in [0.25, 0.3) is 0 Å². The molecule has 0 unspecified atom stereocenters. The van der Waals surface area contributed by atoms with E-state index in [2.05, 4.69) is 27.3 Å². The summed E-state index contributed by atoms with van der Waals surface area (Å²) in [5.41, 5.74) is 1.08. The van der Waals surface area contributed by atoms with Gasteiger partial charge in [0.05, 0.1) is 0 Å². The van der Waals surface area contributed by atoms with Crippen LogP contribution >= 0.6 is 0 Å². The van der Waals surface area contributed by atoms with Gasteiger partial charge in [0.25, 0.3) is 0 Å². The van der Waals surface area contributed by atoms with E-state index in [1.165, 1.54) is 44.9 Å². The lowest BCUT2D eigenvalue weighted by Gasteiger charge is -2.20. The van der Waals surface area contributed by atoms with Crippen LogP contribution in [0.15, 0.2) is 18.3 Å². The minimum absolute atomic E-state index is 0.190. The Labute approximate surface area is 133 Å². The molecule has 1 N–H and O–H groups in total. The van der Waals surface area contributed by atoms with Crippen LogP contribution in [0.1, 0.15) is 56.9 Å². The summed E-state index contributed by atoms with van der Waals surface area (Å²) < 4.78 is 0. The highest BCUT2D eigenvalue weighted by atomic mass is 16.1. The molecule has 0 atom stereocenters. The Balaban J connectivity index is 1.43. The molecule has 1 aliphatic heterocycles. The Morgan fingerprint density at radius 1 is 1.14 bits per heavy atom. The molecule has 4 heteroatoms. The first kappa shape index (κ1) is 15.3. The third kappa shape index (κ3) is 4.21. The lowest BCUT2D eigenvalue weighted by molar-refractivity contribution is -0.122. The number of rotatable bonds is 5. The number of nitrogens with one attached hydrogen (secondary N) is 1. The lowest BCUT2D eigenvalue weighted by Crippen LogP contribution is -2.26. The molecule has 22 heavy (non-hydrogen) atoms. The summed E-state index contributed by atoms with van der Waals surface area (Å²) in [6, 6.07) is 4.16. The highest BCUT2D eigenvalue weighted by molar-refractivity contribution is 5.76. The number of nitrogens with zero attached hydrogens (tertiary/aromatic N) is 2. The van der Waals surface area contributed by atoms with Gasteiger partial charge in [-0.1, -0.05) is 25.3 Å². The smallest absolute Gasteiger partial charge is 0.220 e. The van der Waals surface area contributed by atoms with Crippen LogP contribution in [-0.2, 0) is 11.3 Å². The average molecular weight is 301 g/mol. The maximum Gasteiger partial charge on any atom is 0.220 e. The van der Waals surface area contributed by atoms with Crippen LogP contribution < -0.4 is 10.2 Å². The second-order valence-electron chi connectivity index (χ2n) is 6.70. The first-order valence-corrected chi connectivity index (χ1v) is 8.78. The fraction of sp³-hybridized carbons (Fsp3) is 0.667. The van der Waals surface area contributed by atoms with Gasteiger partial charge in [-0.3, -0.25) is 4.79 Å². The highest BCUT2D eigenvalue weighted by Crippen LogP contribution is 2.26. The fourth-order valence-electron chi connectivity index (χ4n) is 3.58. The Morgan fingerprint density at radius 3 is 2.59 bits per heavy atom. The summed E-state index contributed by atoms with van der Waals surface area (Å²) in [5.74, 6) is 1.86. The van der Waals surface area contributed by atoms with Gasteiger partial charge in [0.15, 0.2) is 0 Å². The Kier molecular flexibility index (Phi) is 5.30. The quantitative estimate of drug-likeness (QED) is 0.908. The zero-order chi connectivity index (χ0) is 15.2. The molecule has 0 radical (unpaired) electrons. The molecule has 120 valence electrons. The van der Waals surface area contributed by atoms with Gasteiger partial charge in [-0.25, -0.2) is 4.98 Å². The Morgan fingerprint density at radius 2 is 1.91 bits per heavy atom. The molecule has 1 aromatic rings. The number of pyridine rings is 1. The van der Waals surface area contributed by atoms with Crippen molar-refractivity contribution in [3.05, 3.63) is 23.9 Å². The molecular weight excluding hydrogens is 274 g/mol. The maximum absolute atomic E-state index is 12.0. The predicted octanol–water partition coefficient (Wildman–Crippen LogP) is 3.27. The summed E-state index contributed by atoms with van der Waals surface area (Å²) in [5, 5.41) is 3.04. The van der Waals surface area contributed by atoms with E-state index in [1.54, 1.807) is 0 Å². The Bertz CT molecular complexity index is 474. The standard InChI is InChI=1S/C18H27N3O/c22-18(12-15-6-2-1-3-7-15)20-14-16-8-9-17(19-13-16)21-10-4-5-11-21/h8-9,13,15H,1-7,10-12,14H2,(H,20,22). The van der Waals surface area contributed by atoms with E-state index in [1.807, 2.05) is 6.20 Å². The third-order valence-electron chi connectivity index (χ3n) is 4.93. The molecule has 1 aromatic heterocycles. The third-order valence-corrected chi connectivity index (χ3v) is 4.93. The van der Waals surface area contributed by atoms with Crippen LogP contribution in [-0.4, -0.2) is 24.0 Å². The fourth-order valence-corrected chi connectivity index (χ4v) is 3.58. The van der Waals surface area contributed by atoms with Crippen LogP contribution in [0.3, 0.4) is 0 Å². The van der Waals surface area contributed by atoms with Crippen molar-refractivity contribution in [1.82, 2.24) is 10.3 Å². The van der Waals surface area contributed by atoms with Gasteiger partial charge in [-0.15, -0.1) is 0 Å². The normalized spacial score (nSPS) is 19.4. The van der Waals surface area contributed by atoms with E-state index in [9.17, 15) is 4.79 Å². The second-order valence-corrected chi connectivity index (χ2v) is 6.70. The number of aromatic nitrogens is 1. The molecule has 2 heterocycles. The van der Waals surface area contributed by atoms with Crippen molar-refractivity contribution in [3.63, 3.8) is 0 Å². The minimum atomic E-state index is 0.190. The van der Waals surface area contributed by atoms with Crippen molar-refractivity contribution in [2.24, 2.45) is 5.92 Å². The zero-order valence-corrected chi connectivity index (χ0v) is 13.4. The minimum Gasteiger partial charge on any atom is -0.357 e. The Hall–Kier alpha value is -1.58. The van der Waals surface area contributed by atoms with Gasteiger partial charge in [-0.2, -0.15) is 0 Å². The van der Waals surface area contributed by atoms with Crippen LogP contribution in [0, 0.1) is 5.92 Å². The summed E-state index contributed by atoms with van der Waals surface area (Å²) in [6.07, 6.45) is 11.5. The van der Waals surface area contributed by atoms with E-state index in [-0.39, 0.29) is 5.91 Å². The predicted molar refractivity (Wildman–Crippen MR) is 88.7 cm³/mol. The number of amides is 1. The molecule has 2 aliphatic rings. The number of hydrogen-bond acceptors (Lipinski definition) is 3. The van der Waals surface area contributed by atoms with Gasteiger partial charge in [0.2, 0.25) is 5.91 Å². The van der Waals surface area contributed by atoms with Gasteiger partial charge < -0.3 is 10.2 Å². The van der Waals surface area contributed by atoms with Crippen LogP contribution in [0.2, 0.25) is 0 Å². The zero-order valence-electron chi connectivity index (χ0n) is 13.4. The molecule has 0 spiro atoms. The van der Waals surface area contributed by atoms with Gasteiger partial charge in [-0.05, 0) is 43.2 Å². The number of anilines is 1. The van der Waals surface area contributed by atoms with Crippen molar-refractivity contribution in [1.29, 1.82) is 0 Å². The topological polar surface area (TPSA) is 45.2 Å². The molecule has 4 nitrogen and oxygen atoms in total. The average Bonchev–Trinajstić information content (AvgIpc) is 3.09. The molecule has 1 saturated heterocycles. The monoisotopic (exact) mass is 301 g/mol. The largest absolute Gasteiger partial charge is 0.357 e. The van der Waals surface area contributed by atoms with Gasteiger partial charge >= 0.3 is 0 Å². The molecule has 2 fully saturated rings. The van der Waals surface area contributed by atoms with Crippen molar-refractivity contribution in [2.45, 2.75) is 57.9 Å².